The number of dihydropyridines is 1. The van der Waals surface area contributed by atoms with E-state index in [0.717, 1.165) is 5.70 Å². The Hall–Kier alpha value is -1.45. The highest BCUT2D eigenvalue weighted by molar-refractivity contribution is 5.88. The second kappa shape index (κ2) is 2.89. The van der Waals surface area contributed by atoms with Crippen LogP contribution in [0.15, 0.2) is 22.7 Å². The van der Waals surface area contributed by atoms with Gasteiger partial charge in [-0.3, -0.25) is 0 Å². The number of carboxylic acid groups (broad SMARTS) is 1. The largest absolute Gasteiger partial charge is 0.478 e. The summed E-state index contributed by atoms with van der Waals surface area (Å²) in [5, 5.41) is 11.7. The van der Waals surface area contributed by atoms with Crippen LogP contribution >= 0.6 is 0 Å². The molecule has 0 saturated carbocycles. The van der Waals surface area contributed by atoms with Gasteiger partial charge in [-0.15, -0.1) is 0 Å². The number of rotatable bonds is 1. The highest BCUT2D eigenvalue weighted by Gasteiger charge is 2.18. The lowest BCUT2D eigenvalue weighted by Gasteiger charge is -2.19. The van der Waals surface area contributed by atoms with Crippen molar-refractivity contribution in [3.8, 4) is 0 Å². The van der Waals surface area contributed by atoms with E-state index in [1.54, 1.807) is 6.92 Å². The van der Waals surface area contributed by atoms with Gasteiger partial charge in [-0.25, -0.2) is 4.79 Å². The quantitative estimate of drug-likeness (QED) is 0.533. The molecule has 1 aliphatic heterocycles. The Balaban J connectivity index is 2.93. The van der Waals surface area contributed by atoms with E-state index in [4.69, 9.17) is 10.8 Å². The molecule has 0 aliphatic carbocycles. The van der Waals surface area contributed by atoms with E-state index in [-0.39, 0.29) is 0 Å². The van der Waals surface area contributed by atoms with E-state index in [9.17, 15) is 4.79 Å². The zero-order valence-corrected chi connectivity index (χ0v) is 7.14. The second-order valence-electron chi connectivity index (χ2n) is 2.86. The molecule has 1 aliphatic rings. The second-order valence-corrected chi connectivity index (χ2v) is 2.86. The number of hydrogen-bond acceptors (Lipinski definition) is 3. The van der Waals surface area contributed by atoms with Gasteiger partial charge >= 0.3 is 5.97 Å². The molecule has 12 heavy (non-hydrogen) atoms. The Morgan fingerprint density at radius 1 is 1.50 bits per heavy atom. The van der Waals surface area contributed by atoms with Crippen LogP contribution in [0.2, 0.25) is 0 Å². The molecule has 0 unspecified atom stereocenters. The summed E-state index contributed by atoms with van der Waals surface area (Å²) in [6.07, 6.45) is 0.333. The van der Waals surface area contributed by atoms with Gasteiger partial charge in [0.15, 0.2) is 0 Å². The van der Waals surface area contributed by atoms with Crippen molar-refractivity contribution in [1.82, 2.24) is 5.32 Å². The van der Waals surface area contributed by atoms with E-state index in [2.05, 4.69) is 5.32 Å². The maximum atomic E-state index is 10.6. The van der Waals surface area contributed by atoms with Crippen LogP contribution in [-0.2, 0) is 4.79 Å². The first-order chi connectivity index (χ1) is 5.52. The summed E-state index contributed by atoms with van der Waals surface area (Å²) in [6, 6.07) is 0. The standard InChI is InChI=1S/C8H12N2O2/c1-4-6(8(11)12)3-7(9)5(2)10-4/h10H,3,9H2,1-2H3,(H,11,12). The molecule has 0 saturated heterocycles. The number of hydrogen-bond donors (Lipinski definition) is 3. The van der Waals surface area contributed by atoms with Crippen molar-refractivity contribution >= 4 is 5.97 Å². The maximum absolute atomic E-state index is 10.6. The lowest BCUT2D eigenvalue weighted by atomic mass is 10.0. The molecule has 0 aromatic heterocycles. The molecule has 0 spiro atoms. The lowest BCUT2D eigenvalue weighted by Crippen LogP contribution is -2.24. The van der Waals surface area contributed by atoms with E-state index >= 15 is 0 Å². The summed E-state index contributed by atoms with van der Waals surface area (Å²) < 4.78 is 0. The predicted molar refractivity (Wildman–Crippen MR) is 45.0 cm³/mol. The van der Waals surface area contributed by atoms with Crippen LogP contribution in [0.5, 0.6) is 0 Å². The molecule has 4 N–H and O–H groups in total. The molecule has 0 fully saturated rings. The summed E-state index contributed by atoms with van der Waals surface area (Å²) in [5.41, 5.74) is 8.05. The van der Waals surface area contributed by atoms with Gasteiger partial charge in [0.1, 0.15) is 0 Å². The third-order valence-corrected chi connectivity index (χ3v) is 1.93. The smallest absolute Gasteiger partial charge is 0.333 e. The Morgan fingerprint density at radius 2 is 2.08 bits per heavy atom. The third-order valence-electron chi connectivity index (χ3n) is 1.93. The van der Waals surface area contributed by atoms with E-state index in [0.29, 0.717) is 23.4 Å². The Kier molecular flexibility index (Phi) is 2.08. The van der Waals surface area contributed by atoms with Crippen LogP contribution < -0.4 is 11.1 Å². The van der Waals surface area contributed by atoms with Gasteiger partial charge in [0.05, 0.1) is 5.57 Å². The van der Waals surface area contributed by atoms with Crippen LogP contribution in [0.25, 0.3) is 0 Å². The summed E-state index contributed by atoms with van der Waals surface area (Å²) in [7, 11) is 0. The monoisotopic (exact) mass is 168 g/mol. The molecule has 0 bridgehead atoms. The van der Waals surface area contributed by atoms with Crippen molar-refractivity contribution in [2.24, 2.45) is 5.73 Å². The molecule has 66 valence electrons. The predicted octanol–water partition coefficient (Wildman–Crippen LogP) is 0.528. The summed E-state index contributed by atoms with van der Waals surface area (Å²) in [6.45, 7) is 3.57. The number of nitrogens with two attached hydrogens (primary N) is 1. The average Bonchev–Trinajstić information content (AvgIpc) is 1.96. The number of allylic oxidation sites excluding steroid dienone is 3. The minimum absolute atomic E-state index is 0.333. The SMILES string of the molecule is CC1=C(N)CC(C(=O)O)=C(C)N1. The molecule has 0 atom stereocenters. The van der Waals surface area contributed by atoms with Crippen LogP contribution in [0.1, 0.15) is 20.3 Å². The van der Waals surface area contributed by atoms with E-state index in [1.165, 1.54) is 0 Å². The summed E-state index contributed by atoms with van der Waals surface area (Å²) in [4.78, 5) is 10.6. The zero-order valence-electron chi connectivity index (χ0n) is 7.14. The van der Waals surface area contributed by atoms with Gasteiger partial charge in [0.2, 0.25) is 0 Å². The van der Waals surface area contributed by atoms with Crippen molar-refractivity contribution < 1.29 is 9.90 Å². The fourth-order valence-electron chi connectivity index (χ4n) is 1.13. The van der Waals surface area contributed by atoms with Crippen molar-refractivity contribution in [2.75, 3.05) is 0 Å². The highest BCUT2D eigenvalue weighted by atomic mass is 16.4. The Morgan fingerprint density at radius 3 is 2.58 bits per heavy atom. The summed E-state index contributed by atoms with van der Waals surface area (Å²) in [5.74, 6) is -0.907. The van der Waals surface area contributed by atoms with Gasteiger partial charge in [0.25, 0.3) is 0 Å². The highest BCUT2D eigenvalue weighted by Crippen LogP contribution is 2.18. The van der Waals surface area contributed by atoms with Gasteiger partial charge in [-0.2, -0.15) is 0 Å². The molecule has 0 amide bonds. The first-order valence-electron chi connectivity index (χ1n) is 3.67. The molecule has 0 aromatic rings. The van der Waals surface area contributed by atoms with Gasteiger partial charge in [-0.1, -0.05) is 0 Å². The van der Waals surface area contributed by atoms with E-state index < -0.39 is 5.97 Å². The van der Waals surface area contributed by atoms with Crippen LogP contribution in [0, 0.1) is 0 Å². The number of carboxylic acids is 1. The number of nitrogens with one attached hydrogen (secondary N) is 1. The van der Waals surface area contributed by atoms with Crippen molar-refractivity contribution in [3.05, 3.63) is 22.7 Å². The average molecular weight is 168 g/mol. The minimum Gasteiger partial charge on any atom is -0.478 e. The molecule has 4 nitrogen and oxygen atoms in total. The topological polar surface area (TPSA) is 75.4 Å². The van der Waals surface area contributed by atoms with Crippen LogP contribution in [0.3, 0.4) is 0 Å². The molecule has 0 radical (unpaired) electrons. The zero-order chi connectivity index (χ0) is 9.30. The van der Waals surface area contributed by atoms with Crippen LogP contribution in [-0.4, -0.2) is 11.1 Å². The molecule has 4 heteroatoms. The fraction of sp³-hybridized carbons (Fsp3) is 0.375. The first kappa shape index (κ1) is 8.64. The molecule has 1 rings (SSSR count). The first-order valence-corrected chi connectivity index (χ1v) is 3.67. The molecular formula is C8H12N2O2. The lowest BCUT2D eigenvalue weighted by molar-refractivity contribution is -0.132. The maximum Gasteiger partial charge on any atom is 0.333 e. The Bertz CT molecular complexity index is 289. The van der Waals surface area contributed by atoms with Crippen molar-refractivity contribution in [3.63, 3.8) is 0 Å². The van der Waals surface area contributed by atoms with Crippen LogP contribution in [0.4, 0.5) is 0 Å². The normalized spacial score (nSPS) is 17.8. The van der Waals surface area contributed by atoms with Gasteiger partial charge < -0.3 is 16.2 Å². The van der Waals surface area contributed by atoms with Crippen molar-refractivity contribution in [2.45, 2.75) is 20.3 Å². The fourth-order valence-corrected chi connectivity index (χ4v) is 1.13. The molecular weight excluding hydrogens is 156 g/mol. The molecule has 0 aromatic carbocycles. The number of aliphatic carboxylic acids is 1. The van der Waals surface area contributed by atoms with Gasteiger partial charge in [0, 0.05) is 23.5 Å². The minimum atomic E-state index is -0.907. The van der Waals surface area contributed by atoms with Gasteiger partial charge in [-0.05, 0) is 13.8 Å². The van der Waals surface area contributed by atoms with E-state index in [1.807, 2.05) is 6.92 Å². The van der Waals surface area contributed by atoms with Crippen molar-refractivity contribution in [1.29, 1.82) is 0 Å². The molecule has 1 heterocycles. The third kappa shape index (κ3) is 1.42. The Labute approximate surface area is 70.8 Å². The summed E-state index contributed by atoms with van der Waals surface area (Å²) >= 11 is 0. The number of carbonyl (C=O) groups is 1.